The molecule has 0 N–H and O–H groups in total. The number of nitrogens with zero attached hydrogens (tertiary/aromatic N) is 2. The van der Waals surface area contributed by atoms with Crippen molar-refractivity contribution in [2.75, 3.05) is 39.4 Å². The normalized spacial score (nSPS) is 15.6. The highest BCUT2D eigenvalue weighted by Crippen LogP contribution is 2.07. The Morgan fingerprint density at radius 1 is 1.25 bits per heavy atom. The van der Waals surface area contributed by atoms with Crippen LogP contribution >= 0.6 is 0 Å². The van der Waals surface area contributed by atoms with Crippen LogP contribution in [0.3, 0.4) is 0 Å². The molecule has 1 aromatic rings. The van der Waals surface area contributed by atoms with Gasteiger partial charge in [0.1, 0.15) is 0 Å². The Kier molecular flexibility index (Phi) is 6.02. The monoisotopic (exact) mass is 276 g/mol. The van der Waals surface area contributed by atoms with Gasteiger partial charge in [-0.3, -0.25) is 9.69 Å². The molecule has 1 aliphatic heterocycles. The molecule has 0 bridgehead atoms. The molecule has 2 rings (SSSR count). The summed E-state index contributed by atoms with van der Waals surface area (Å²) in [6.45, 7) is 7.22. The van der Waals surface area contributed by atoms with Crippen molar-refractivity contribution in [3.63, 3.8) is 0 Å². The van der Waals surface area contributed by atoms with Gasteiger partial charge in [0.05, 0.1) is 19.8 Å². The molecule has 1 aromatic carbocycles. The lowest BCUT2D eigenvalue weighted by atomic mass is 10.2. The Morgan fingerprint density at radius 2 is 1.95 bits per heavy atom. The first-order valence-electron chi connectivity index (χ1n) is 7.41. The summed E-state index contributed by atoms with van der Waals surface area (Å²) in [6.07, 6.45) is 1.06. The zero-order valence-electron chi connectivity index (χ0n) is 12.3. The molecule has 0 spiro atoms. The summed E-state index contributed by atoms with van der Waals surface area (Å²) in [6, 6.07) is 10.3. The second kappa shape index (κ2) is 8.02. The van der Waals surface area contributed by atoms with Gasteiger partial charge in [0, 0.05) is 19.6 Å². The van der Waals surface area contributed by atoms with Gasteiger partial charge in [-0.15, -0.1) is 0 Å². The van der Waals surface area contributed by atoms with Crippen LogP contribution in [0.15, 0.2) is 30.3 Å². The SMILES string of the molecule is CCCN(CC(=O)N1CCOCC1)Cc1ccccc1. The van der Waals surface area contributed by atoms with E-state index in [0.717, 1.165) is 32.6 Å². The molecule has 0 aromatic heterocycles. The van der Waals surface area contributed by atoms with Crippen LogP contribution in [0.5, 0.6) is 0 Å². The fraction of sp³-hybridized carbons (Fsp3) is 0.562. The number of carbonyl (C=O) groups excluding carboxylic acids is 1. The Bertz CT molecular complexity index is 402. The Labute approximate surface area is 121 Å². The van der Waals surface area contributed by atoms with Gasteiger partial charge in [-0.2, -0.15) is 0 Å². The molecule has 0 aliphatic carbocycles. The minimum absolute atomic E-state index is 0.220. The van der Waals surface area contributed by atoms with Crippen LogP contribution in [0.25, 0.3) is 0 Å². The maximum absolute atomic E-state index is 12.3. The van der Waals surface area contributed by atoms with E-state index in [1.807, 2.05) is 23.1 Å². The summed E-state index contributed by atoms with van der Waals surface area (Å²) < 4.78 is 5.29. The Balaban J connectivity index is 1.89. The zero-order chi connectivity index (χ0) is 14.2. The van der Waals surface area contributed by atoms with E-state index >= 15 is 0 Å². The van der Waals surface area contributed by atoms with Gasteiger partial charge in [0.25, 0.3) is 0 Å². The number of morpholine rings is 1. The first kappa shape index (κ1) is 15.0. The molecule has 1 saturated heterocycles. The van der Waals surface area contributed by atoms with Crippen LogP contribution in [0.1, 0.15) is 18.9 Å². The lowest BCUT2D eigenvalue weighted by Crippen LogP contribution is -2.45. The van der Waals surface area contributed by atoms with Crippen LogP contribution in [-0.2, 0) is 16.1 Å². The number of carbonyl (C=O) groups is 1. The second-order valence-corrected chi connectivity index (χ2v) is 5.19. The maximum atomic E-state index is 12.3. The molecule has 110 valence electrons. The Hall–Kier alpha value is -1.39. The summed E-state index contributed by atoms with van der Waals surface area (Å²) in [5.41, 5.74) is 1.26. The van der Waals surface area contributed by atoms with Crippen molar-refractivity contribution in [1.82, 2.24) is 9.80 Å². The van der Waals surface area contributed by atoms with E-state index in [0.29, 0.717) is 19.8 Å². The molecular formula is C16H24N2O2. The largest absolute Gasteiger partial charge is 0.378 e. The summed E-state index contributed by atoms with van der Waals surface area (Å²) in [7, 11) is 0. The number of amides is 1. The summed E-state index contributed by atoms with van der Waals surface area (Å²) in [4.78, 5) is 16.4. The van der Waals surface area contributed by atoms with E-state index in [1.54, 1.807) is 0 Å². The number of ether oxygens (including phenoxy) is 1. The molecule has 1 heterocycles. The lowest BCUT2D eigenvalue weighted by molar-refractivity contribution is -0.136. The van der Waals surface area contributed by atoms with Crippen LogP contribution in [0, 0.1) is 0 Å². The predicted octanol–water partition coefficient (Wildman–Crippen LogP) is 1.76. The van der Waals surface area contributed by atoms with Crippen molar-refractivity contribution in [3.05, 3.63) is 35.9 Å². The maximum Gasteiger partial charge on any atom is 0.236 e. The molecule has 20 heavy (non-hydrogen) atoms. The van der Waals surface area contributed by atoms with E-state index in [9.17, 15) is 4.79 Å². The van der Waals surface area contributed by atoms with Crippen molar-refractivity contribution in [3.8, 4) is 0 Å². The highest BCUT2D eigenvalue weighted by molar-refractivity contribution is 5.78. The minimum atomic E-state index is 0.220. The molecule has 1 fully saturated rings. The standard InChI is InChI=1S/C16H24N2O2/c1-2-8-17(13-15-6-4-3-5-7-15)14-16(19)18-9-11-20-12-10-18/h3-7H,2,8-14H2,1H3. The molecule has 0 radical (unpaired) electrons. The fourth-order valence-electron chi connectivity index (χ4n) is 2.48. The van der Waals surface area contributed by atoms with Gasteiger partial charge in [-0.05, 0) is 18.5 Å². The summed E-state index contributed by atoms with van der Waals surface area (Å²) in [5, 5.41) is 0. The molecule has 0 atom stereocenters. The number of hydrogen-bond donors (Lipinski definition) is 0. The zero-order valence-corrected chi connectivity index (χ0v) is 12.3. The van der Waals surface area contributed by atoms with Gasteiger partial charge in [0.2, 0.25) is 5.91 Å². The third kappa shape index (κ3) is 4.62. The van der Waals surface area contributed by atoms with Crippen LogP contribution in [0.4, 0.5) is 0 Å². The van der Waals surface area contributed by atoms with Crippen LogP contribution in [0.2, 0.25) is 0 Å². The topological polar surface area (TPSA) is 32.8 Å². The molecule has 0 saturated carbocycles. The summed E-state index contributed by atoms with van der Waals surface area (Å²) >= 11 is 0. The highest BCUT2D eigenvalue weighted by atomic mass is 16.5. The molecule has 4 nitrogen and oxygen atoms in total. The minimum Gasteiger partial charge on any atom is -0.378 e. The summed E-state index contributed by atoms with van der Waals surface area (Å²) in [5.74, 6) is 0.220. The van der Waals surface area contributed by atoms with Gasteiger partial charge in [0.15, 0.2) is 0 Å². The van der Waals surface area contributed by atoms with Gasteiger partial charge in [-0.25, -0.2) is 0 Å². The number of hydrogen-bond acceptors (Lipinski definition) is 3. The fourth-order valence-corrected chi connectivity index (χ4v) is 2.48. The van der Waals surface area contributed by atoms with Crippen molar-refractivity contribution < 1.29 is 9.53 Å². The van der Waals surface area contributed by atoms with Gasteiger partial charge < -0.3 is 9.64 Å². The molecular weight excluding hydrogens is 252 g/mol. The second-order valence-electron chi connectivity index (χ2n) is 5.19. The highest BCUT2D eigenvalue weighted by Gasteiger charge is 2.19. The third-order valence-electron chi connectivity index (χ3n) is 3.51. The molecule has 1 aliphatic rings. The average Bonchev–Trinajstić information content (AvgIpc) is 2.49. The van der Waals surface area contributed by atoms with Crippen molar-refractivity contribution in [1.29, 1.82) is 0 Å². The lowest BCUT2D eigenvalue weighted by Gasteiger charge is -2.30. The van der Waals surface area contributed by atoms with E-state index in [-0.39, 0.29) is 5.91 Å². The Morgan fingerprint density at radius 3 is 2.60 bits per heavy atom. The average molecular weight is 276 g/mol. The van der Waals surface area contributed by atoms with Crippen molar-refractivity contribution in [2.24, 2.45) is 0 Å². The first-order valence-corrected chi connectivity index (χ1v) is 7.41. The van der Waals surface area contributed by atoms with Gasteiger partial charge >= 0.3 is 0 Å². The van der Waals surface area contributed by atoms with Crippen molar-refractivity contribution in [2.45, 2.75) is 19.9 Å². The van der Waals surface area contributed by atoms with Crippen LogP contribution in [-0.4, -0.2) is 55.1 Å². The first-order chi connectivity index (χ1) is 9.79. The van der Waals surface area contributed by atoms with E-state index in [4.69, 9.17) is 4.74 Å². The van der Waals surface area contributed by atoms with Crippen LogP contribution < -0.4 is 0 Å². The van der Waals surface area contributed by atoms with E-state index < -0.39 is 0 Å². The van der Waals surface area contributed by atoms with Crippen molar-refractivity contribution >= 4 is 5.91 Å². The number of rotatable bonds is 6. The number of benzene rings is 1. The molecule has 0 unspecified atom stereocenters. The molecule has 1 amide bonds. The van der Waals surface area contributed by atoms with E-state index in [2.05, 4.69) is 24.0 Å². The third-order valence-corrected chi connectivity index (χ3v) is 3.51. The van der Waals surface area contributed by atoms with Gasteiger partial charge in [-0.1, -0.05) is 37.3 Å². The smallest absolute Gasteiger partial charge is 0.236 e. The predicted molar refractivity (Wildman–Crippen MR) is 79.4 cm³/mol. The van der Waals surface area contributed by atoms with E-state index in [1.165, 1.54) is 5.56 Å². The molecule has 4 heteroatoms. The quantitative estimate of drug-likeness (QED) is 0.793.